The molecule has 0 amide bonds. The van der Waals surface area contributed by atoms with E-state index in [1.54, 1.807) is 0 Å². The summed E-state index contributed by atoms with van der Waals surface area (Å²) in [5.41, 5.74) is -0.505. The monoisotopic (exact) mass is 283 g/mol. The minimum Gasteiger partial charge on any atom is -0.871 e. The van der Waals surface area contributed by atoms with Crippen LogP contribution < -0.4 is 56.5 Å². The average Bonchev–Trinajstić information content (AvgIpc) is 2.09. The third kappa shape index (κ3) is 3.11. The fourth-order valence-electron chi connectivity index (χ4n) is 0.793. The van der Waals surface area contributed by atoms with Crippen molar-refractivity contribution in [2.45, 2.75) is 0 Å². The van der Waals surface area contributed by atoms with Crippen LogP contribution in [0.25, 0.3) is 0 Å². The van der Waals surface area contributed by atoms with E-state index in [0.29, 0.717) is 6.29 Å². The summed E-state index contributed by atoms with van der Waals surface area (Å²) in [6.45, 7) is 0. The van der Waals surface area contributed by atoms with Gasteiger partial charge in [-0.1, -0.05) is 21.7 Å². The Bertz CT molecular complexity index is 382. The molecule has 0 aliphatic heterocycles. The van der Waals surface area contributed by atoms with Crippen LogP contribution in [0.15, 0.2) is 16.6 Å². The second-order valence-corrected chi connectivity index (χ2v) is 3.08. The number of hydrogen-bond acceptors (Lipinski definition) is 4. The predicted molar refractivity (Wildman–Crippen MR) is 45.6 cm³/mol. The number of aldehydes is 1. The summed E-state index contributed by atoms with van der Waals surface area (Å²) in [6.07, 6.45) is 0.292. The molecule has 1 aromatic carbocycles. The molecule has 0 atom stereocenters. The summed E-state index contributed by atoms with van der Waals surface area (Å²) in [5.74, 6) is -0.541. The molecule has 5 nitrogen and oxygen atoms in total. The van der Waals surface area contributed by atoms with E-state index in [9.17, 15) is 20.0 Å². The van der Waals surface area contributed by atoms with E-state index in [2.05, 4.69) is 15.9 Å². The number of carbonyl (C=O) groups is 1. The van der Waals surface area contributed by atoms with Crippen molar-refractivity contribution in [2.75, 3.05) is 0 Å². The molecule has 0 unspecified atom stereocenters. The Morgan fingerprint density at radius 3 is 2.43 bits per heavy atom. The second-order valence-electron chi connectivity index (χ2n) is 2.22. The molecule has 0 fully saturated rings. The van der Waals surface area contributed by atoms with Crippen molar-refractivity contribution in [3.8, 4) is 5.75 Å². The van der Waals surface area contributed by atoms with Gasteiger partial charge in [0.05, 0.1) is 4.92 Å². The smallest absolute Gasteiger partial charge is 0.871 e. The van der Waals surface area contributed by atoms with E-state index in [1.807, 2.05) is 0 Å². The Kier molecular flexibility index (Phi) is 6.02. The molecule has 0 radical (unpaired) electrons. The quantitative estimate of drug-likeness (QED) is 0.279. The van der Waals surface area contributed by atoms with Crippen molar-refractivity contribution >= 4 is 27.9 Å². The summed E-state index contributed by atoms with van der Waals surface area (Å²) in [4.78, 5) is 19.9. The summed E-state index contributed by atoms with van der Waals surface area (Å²) < 4.78 is 0.0174. The van der Waals surface area contributed by atoms with Crippen LogP contribution in [-0.4, -0.2) is 11.2 Å². The summed E-state index contributed by atoms with van der Waals surface area (Å²) >= 11 is 2.83. The molecule has 14 heavy (non-hydrogen) atoms. The van der Waals surface area contributed by atoms with Crippen LogP contribution in [-0.2, 0) is 0 Å². The third-order valence-corrected chi connectivity index (χ3v) is 1.98. The van der Waals surface area contributed by atoms with Gasteiger partial charge < -0.3 is 5.11 Å². The van der Waals surface area contributed by atoms with Crippen molar-refractivity contribution in [1.82, 2.24) is 0 Å². The zero-order valence-corrected chi connectivity index (χ0v) is 11.9. The fourth-order valence-corrected chi connectivity index (χ4v) is 1.26. The summed E-state index contributed by atoms with van der Waals surface area (Å²) in [6, 6.07) is 2.01. The summed E-state index contributed by atoms with van der Waals surface area (Å²) in [5, 5.41) is 21.4. The van der Waals surface area contributed by atoms with E-state index >= 15 is 0 Å². The Balaban J connectivity index is 0.00000169. The number of nitro benzene ring substituents is 1. The van der Waals surface area contributed by atoms with Crippen LogP contribution in [0.3, 0.4) is 0 Å². The van der Waals surface area contributed by atoms with Gasteiger partial charge in [0.2, 0.25) is 0 Å². The minimum atomic E-state index is -0.669. The average molecular weight is 284 g/mol. The number of hydrogen-bond donors (Lipinski definition) is 0. The maximum atomic E-state index is 11.1. The first-order valence-corrected chi connectivity index (χ1v) is 3.95. The van der Waals surface area contributed by atoms with Crippen molar-refractivity contribution in [2.24, 2.45) is 0 Å². The van der Waals surface area contributed by atoms with Gasteiger partial charge in [0.25, 0.3) is 5.69 Å². The SMILES string of the molecule is O=Cc1cc([N+](=O)[O-])cc(Br)c1[O-].[K+]. The van der Waals surface area contributed by atoms with Crippen LogP contribution >= 0.6 is 15.9 Å². The number of rotatable bonds is 2. The van der Waals surface area contributed by atoms with Crippen molar-refractivity contribution in [1.29, 1.82) is 0 Å². The first-order valence-electron chi connectivity index (χ1n) is 3.16. The standard InChI is InChI=1S/C7H4BrNO4.K/c8-6-2-5(9(12)13)1-4(3-10)7(6)11;/h1-3,11H;/q;+1/p-1. The number of carbonyl (C=O) groups excluding carboxylic acids is 1. The van der Waals surface area contributed by atoms with Crippen molar-refractivity contribution in [3.05, 3.63) is 32.3 Å². The molecule has 0 saturated heterocycles. The molecule has 0 N–H and O–H groups in total. The van der Waals surface area contributed by atoms with Gasteiger partial charge in [0.1, 0.15) is 6.29 Å². The van der Waals surface area contributed by atoms with E-state index in [1.165, 1.54) is 0 Å². The van der Waals surface area contributed by atoms with Gasteiger partial charge in [-0.15, -0.1) is 0 Å². The van der Waals surface area contributed by atoms with Gasteiger partial charge in [-0.05, 0) is 0 Å². The Morgan fingerprint density at radius 2 is 2.00 bits per heavy atom. The number of nitro groups is 1. The van der Waals surface area contributed by atoms with Gasteiger partial charge in [0, 0.05) is 22.2 Å². The zero-order valence-electron chi connectivity index (χ0n) is 7.19. The largest absolute Gasteiger partial charge is 1.00 e. The van der Waals surface area contributed by atoms with Gasteiger partial charge in [-0.3, -0.25) is 14.9 Å². The van der Waals surface area contributed by atoms with Crippen LogP contribution in [0.1, 0.15) is 10.4 Å². The fraction of sp³-hybridized carbons (Fsp3) is 0. The van der Waals surface area contributed by atoms with Crippen LogP contribution in [0.2, 0.25) is 0 Å². The van der Waals surface area contributed by atoms with Crippen LogP contribution in [0.4, 0.5) is 5.69 Å². The van der Waals surface area contributed by atoms with Gasteiger partial charge in [-0.2, -0.15) is 0 Å². The Hall–Kier alpha value is 0.206. The Morgan fingerprint density at radius 1 is 1.43 bits per heavy atom. The molecule has 0 saturated carbocycles. The minimum absolute atomic E-state index is 0. The predicted octanol–water partition coefficient (Wildman–Crippen LogP) is -1.75. The van der Waals surface area contributed by atoms with E-state index < -0.39 is 10.7 Å². The normalized spacial score (nSPS) is 8.93. The van der Waals surface area contributed by atoms with Crippen molar-refractivity contribution in [3.63, 3.8) is 0 Å². The summed E-state index contributed by atoms with van der Waals surface area (Å²) in [7, 11) is 0. The molecular formula is C7H3BrKNO4. The molecule has 7 heteroatoms. The first-order chi connectivity index (χ1) is 6.06. The second kappa shape index (κ2) is 5.94. The molecule has 0 aromatic heterocycles. The number of benzene rings is 1. The molecule has 1 aromatic rings. The zero-order chi connectivity index (χ0) is 10.0. The van der Waals surface area contributed by atoms with Gasteiger partial charge in [-0.25, -0.2) is 0 Å². The molecule has 0 aliphatic rings. The number of halogens is 1. The van der Waals surface area contributed by atoms with Crippen LogP contribution in [0, 0.1) is 10.1 Å². The molecule has 68 valence electrons. The molecular weight excluding hydrogens is 281 g/mol. The van der Waals surface area contributed by atoms with E-state index in [0.717, 1.165) is 12.1 Å². The molecule has 0 bridgehead atoms. The molecule has 0 spiro atoms. The van der Waals surface area contributed by atoms with Gasteiger partial charge in [0.15, 0.2) is 0 Å². The van der Waals surface area contributed by atoms with Crippen molar-refractivity contribution < 1.29 is 66.2 Å². The maximum absolute atomic E-state index is 11.1. The molecule has 0 heterocycles. The van der Waals surface area contributed by atoms with Crippen LogP contribution in [0.5, 0.6) is 5.75 Å². The van der Waals surface area contributed by atoms with E-state index in [4.69, 9.17) is 0 Å². The molecule has 1 rings (SSSR count). The van der Waals surface area contributed by atoms with Gasteiger partial charge >= 0.3 is 51.4 Å². The number of non-ortho nitro benzene ring substituents is 1. The maximum Gasteiger partial charge on any atom is 1.00 e. The topological polar surface area (TPSA) is 83.3 Å². The Labute approximate surface area is 130 Å². The van der Waals surface area contributed by atoms with E-state index in [-0.39, 0.29) is 67.1 Å². The third-order valence-electron chi connectivity index (χ3n) is 1.39. The number of nitrogens with zero attached hydrogens (tertiary/aromatic N) is 1. The molecule has 0 aliphatic carbocycles. The first kappa shape index (κ1) is 14.2.